The number of methoxy groups -OCH3 is 1. The molecule has 1 aliphatic rings. The maximum absolute atomic E-state index is 5.36. The first-order valence-corrected chi connectivity index (χ1v) is 5.97. The molecule has 2 nitrogen and oxygen atoms in total. The Bertz CT molecular complexity index is 139. The van der Waals surface area contributed by atoms with E-state index >= 15 is 0 Å². The van der Waals surface area contributed by atoms with Crippen molar-refractivity contribution in [1.29, 1.82) is 0 Å². The molecule has 0 atom stereocenters. The van der Waals surface area contributed by atoms with Crippen LogP contribution in [0.15, 0.2) is 0 Å². The van der Waals surface area contributed by atoms with Gasteiger partial charge >= 0.3 is 0 Å². The average molecular weight is 199 g/mol. The van der Waals surface area contributed by atoms with E-state index in [1.807, 2.05) is 7.11 Å². The Balaban J connectivity index is 2.04. The molecule has 0 radical (unpaired) electrons. The largest absolute Gasteiger partial charge is 0.381 e. The van der Waals surface area contributed by atoms with Gasteiger partial charge in [-0.25, -0.2) is 0 Å². The van der Waals surface area contributed by atoms with Crippen LogP contribution < -0.4 is 0 Å². The third kappa shape index (κ3) is 4.43. The lowest BCUT2D eigenvalue weighted by Gasteiger charge is -2.31. The molecule has 84 valence electrons. The van der Waals surface area contributed by atoms with E-state index in [0.29, 0.717) is 6.10 Å². The normalized spacial score (nSPS) is 20.6. The van der Waals surface area contributed by atoms with Gasteiger partial charge in [0.2, 0.25) is 0 Å². The summed E-state index contributed by atoms with van der Waals surface area (Å²) in [6.45, 7) is 8.36. The monoisotopic (exact) mass is 199 g/mol. The first-order chi connectivity index (χ1) is 6.72. The highest BCUT2D eigenvalue weighted by Gasteiger charge is 2.17. The molecule has 0 aromatic carbocycles. The van der Waals surface area contributed by atoms with Crippen molar-refractivity contribution in [3.63, 3.8) is 0 Å². The van der Waals surface area contributed by atoms with Crippen molar-refractivity contribution in [2.24, 2.45) is 5.92 Å². The van der Waals surface area contributed by atoms with Crippen LogP contribution in [-0.2, 0) is 4.74 Å². The highest BCUT2D eigenvalue weighted by atomic mass is 16.5. The topological polar surface area (TPSA) is 12.5 Å². The van der Waals surface area contributed by atoms with E-state index in [-0.39, 0.29) is 0 Å². The Morgan fingerprint density at radius 1 is 1.29 bits per heavy atom. The maximum Gasteiger partial charge on any atom is 0.0595 e. The van der Waals surface area contributed by atoms with Crippen LogP contribution in [0.1, 0.15) is 39.5 Å². The standard InChI is InChI=1S/C12H25NO/c1-11(2)5-4-8-13-9-6-12(14-3)7-10-13/h11-12H,4-10H2,1-3H3. The summed E-state index contributed by atoms with van der Waals surface area (Å²) < 4.78 is 5.36. The van der Waals surface area contributed by atoms with Gasteiger partial charge in [0.15, 0.2) is 0 Å². The fraction of sp³-hybridized carbons (Fsp3) is 1.00. The molecule has 0 bridgehead atoms. The second kappa shape index (κ2) is 6.41. The molecule has 0 saturated carbocycles. The van der Waals surface area contributed by atoms with Gasteiger partial charge in [0.1, 0.15) is 0 Å². The minimum Gasteiger partial charge on any atom is -0.381 e. The summed E-state index contributed by atoms with van der Waals surface area (Å²) in [5.41, 5.74) is 0. The molecule has 0 amide bonds. The van der Waals surface area contributed by atoms with Crippen molar-refractivity contribution in [2.75, 3.05) is 26.7 Å². The van der Waals surface area contributed by atoms with E-state index in [1.54, 1.807) is 0 Å². The van der Waals surface area contributed by atoms with Gasteiger partial charge in [0.05, 0.1) is 6.10 Å². The molecule has 0 aliphatic carbocycles. The van der Waals surface area contributed by atoms with Crippen molar-refractivity contribution in [3.8, 4) is 0 Å². The van der Waals surface area contributed by atoms with Crippen molar-refractivity contribution >= 4 is 0 Å². The van der Waals surface area contributed by atoms with Gasteiger partial charge in [0, 0.05) is 20.2 Å². The number of rotatable bonds is 5. The number of likely N-dealkylation sites (tertiary alicyclic amines) is 1. The van der Waals surface area contributed by atoms with Crippen molar-refractivity contribution in [2.45, 2.75) is 45.6 Å². The van der Waals surface area contributed by atoms with E-state index in [9.17, 15) is 0 Å². The number of hydrogen-bond donors (Lipinski definition) is 0. The van der Waals surface area contributed by atoms with Gasteiger partial charge in [-0.15, -0.1) is 0 Å². The Labute approximate surface area is 88.6 Å². The first kappa shape index (κ1) is 12.0. The second-order valence-electron chi connectivity index (χ2n) is 4.81. The molecular weight excluding hydrogens is 174 g/mol. The Morgan fingerprint density at radius 2 is 1.93 bits per heavy atom. The van der Waals surface area contributed by atoms with E-state index in [4.69, 9.17) is 4.74 Å². The van der Waals surface area contributed by atoms with Crippen molar-refractivity contribution < 1.29 is 4.74 Å². The summed E-state index contributed by atoms with van der Waals surface area (Å²) >= 11 is 0. The summed E-state index contributed by atoms with van der Waals surface area (Å²) in [5.74, 6) is 0.853. The van der Waals surface area contributed by atoms with Crippen LogP contribution in [0.4, 0.5) is 0 Å². The van der Waals surface area contributed by atoms with Crippen LogP contribution >= 0.6 is 0 Å². The third-order valence-corrected chi connectivity index (χ3v) is 3.12. The molecule has 1 fully saturated rings. The van der Waals surface area contributed by atoms with Crippen LogP contribution in [-0.4, -0.2) is 37.7 Å². The molecule has 1 saturated heterocycles. The van der Waals surface area contributed by atoms with Gasteiger partial charge in [0.25, 0.3) is 0 Å². The van der Waals surface area contributed by atoms with Gasteiger partial charge < -0.3 is 9.64 Å². The van der Waals surface area contributed by atoms with Crippen LogP contribution in [0.5, 0.6) is 0 Å². The lowest BCUT2D eigenvalue weighted by atomic mass is 10.1. The van der Waals surface area contributed by atoms with E-state index in [2.05, 4.69) is 18.7 Å². The molecule has 0 unspecified atom stereocenters. The second-order valence-corrected chi connectivity index (χ2v) is 4.81. The Morgan fingerprint density at radius 3 is 2.43 bits per heavy atom. The van der Waals surface area contributed by atoms with Crippen molar-refractivity contribution in [3.05, 3.63) is 0 Å². The van der Waals surface area contributed by atoms with Crippen molar-refractivity contribution in [1.82, 2.24) is 4.90 Å². The molecule has 14 heavy (non-hydrogen) atoms. The molecule has 1 heterocycles. The van der Waals surface area contributed by atoms with E-state index in [0.717, 1.165) is 5.92 Å². The van der Waals surface area contributed by atoms with Gasteiger partial charge in [-0.1, -0.05) is 13.8 Å². The smallest absolute Gasteiger partial charge is 0.0595 e. The zero-order valence-corrected chi connectivity index (χ0v) is 9.96. The summed E-state index contributed by atoms with van der Waals surface area (Å²) in [6, 6.07) is 0. The van der Waals surface area contributed by atoms with Crippen LogP contribution in [0.2, 0.25) is 0 Å². The third-order valence-electron chi connectivity index (χ3n) is 3.12. The molecule has 0 N–H and O–H groups in total. The lowest BCUT2D eigenvalue weighted by Crippen LogP contribution is -2.37. The van der Waals surface area contributed by atoms with E-state index in [1.165, 1.54) is 45.3 Å². The molecule has 0 spiro atoms. The Kier molecular flexibility index (Phi) is 5.49. The SMILES string of the molecule is COC1CCN(CCCC(C)C)CC1. The van der Waals surface area contributed by atoms with Crippen LogP contribution in [0.3, 0.4) is 0 Å². The molecule has 1 aliphatic heterocycles. The molecule has 0 aromatic rings. The highest BCUT2D eigenvalue weighted by Crippen LogP contribution is 2.14. The van der Waals surface area contributed by atoms with Gasteiger partial charge in [-0.2, -0.15) is 0 Å². The minimum absolute atomic E-state index is 0.524. The number of ether oxygens (including phenoxy) is 1. The minimum atomic E-state index is 0.524. The quantitative estimate of drug-likeness (QED) is 0.674. The summed E-state index contributed by atoms with van der Waals surface area (Å²) in [7, 11) is 1.83. The summed E-state index contributed by atoms with van der Waals surface area (Å²) in [5, 5.41) is 0. The lowest BCUT2D eigenvalue weighted by molar-refractivity contribution is 0.0405. The number of nitrogens with zero attached hydrogens (tertiary/aromatic N) is 1. The first-order valence-electron chi connectivity index (χ1n) is 5.97. The molecule has 2 heteroatoms. The zero-order chi connectivity index (χ0) is 10.4. The zero-order valence-electron chi connectivity index (χ0n) is 9.96. The fourth-order valence-corrected chi connectivity index (χ4v) is 2.09. The predicted molar refractivity (Wildman–Crippen MR) is 60.5 cm³/mol. The van der Waals surface area contributed by atoms with Crippen LogP contribution in [0.25, 0.3) is 0 Å². The molecular formula is C12H25NO. The molecule has 1 rings (SSSR count). The number of hydrogen-bond acceptors (Lipinski definition) is 2. The molecule has 0 aromatic heterocycles. The van der Waals surface area contributed by atoms with Gasteiger partial charge in [-0.05, 0) is 38.1 Å². The Hall–Kier alpha value is -0.0800. The summed E-state index contributed by atoms with van der Waals surface area (Å²) in [6.07, 6.45) is 5.69. The van der Waals surface area contributed by atoms with Gasteiger partial charge in [-0.3, -0.25) is 0 Å². The number of piperidine rings is 1. The summed E-state index contributed by atoms with van der Waals surface area (Å²) in [4.78, 5) is 2.58. The van der Waals surface area contributed by atoms with Crippen LogP contribution in [0, 0.1) is 5.92 Å². The highest BCUT2D eigenvalue weighted by molar-refractivity contribution is 4.72. The van der Waals surface area contributed by atoms with E-state index < -0.39 is 0 Å². The predicted octanol–water partition coefficient (Wildman–Crippen LogP) is 2.53. The maximum atomic E-state index is 5.36. The fourth-order valence-electron chi connectivity index (χ4n) is 2.09. The average Bonchev–Trinajstić information content (AvgIpc) is 2.18.